The second-order valence-corrected chi connectivity index (χ2v) is 3.89. The van der Waals surface area contributed by atoms with Gasteiger partial charge in [0.2, 0.25) is 11.8 Å². The zero-order valence-corrected chi connectivity index (χ0v) is 10.1. The third-order valence-corrected chi connectivity index (χ3v) is 2.17. The Morgan fingerprint density at radius 1 is 1.19 bits per heavy atom. The van der Waals surface area contributed by atoms with Gasteiger partial charge in [0.1, 0.15) is 0 Å². The second-order valence-electron chi connectivity index (χ2n) is 3.19. The van der Waals surface area contributed by atoms with Crippen molar-refractivity contribution in [2.45, 2.75) is 24.9 Å². The van der Waals surface area contributed by atoms with Gasteiger partial charge in [-0.1, -0.05) is 0 Å². The van der Waals surface area contributed by atoms with Gasteiger partial charge in [0.25, 0.3) is 0 Å². The van der Waals surface area contributed by atoms with Crippen molar-refractivity contribution in [1.29, 1.82) is 0 Å². The van der Waals surface area contributed by atoms with Crippen LogP contribution >= 0.6 is 12.6 Å². The molecule has 0 heterocycles. The predicted molar refractivity (Wildman–Crippen MR) is 59.8 cm³/mol. The number of carbonyl (C=O) groups excluding carboxylic acids is 2. The van der Waals surface area contributed by atoms with Crippen molar-refractivity contribution in [3.63, 3.8) is 0 Å². The molecule has 0 aliphatic rings. The minimum absolute atomic E-state index is 0.509. The standard InChI is InChI=1S/C8H15N3O4S/c1-4(12)10-8(16,11-5(2)13)6(9-3)7(14)15/h6,9,16H,1-3H3,(H,10,12)(H,11,13)(H,14,15)/t6-/m1/s1. The molecule has 0 aliphatic carbocycles. The average molecular weight is 249 g/mol. The Morgan fingerprint density at radius 3 is 1.75 bits per heavy atom. The molecule has 0 rings (SSSR count). The molecule has 0 radical (unpaired) electrons. The van der Waals surface area contributed by atoms with E-state index in [-0.39, 0.29) is 0 Å². The Labute approximate surface area is 98.4 Å². The number of rotatable bonds is 5. The lowest BCUT2D eigenvalue weighted by atomic mass is 10.2. The highest BCUT2D eigenvalue weighted by atomic mass is 32.1. The van der Waals surface area contributed by atoms with E-state index in [0.717, 1.165) is 0 Å². The molecule has 0 bridgehead atoms. The Hall–Kier alpha value is -1.28. The molecule has 4 N–H and O–H groups in total. The predicted octanol–water partition coefficient (Wildman–Crippen LogP) is -1.49. The van der Waals surface area contributed by atoms with Gasteiger partial charge in [0, 0.05) is 13.8 Å². The summed E-state index contributed by atoms with van der Waals surface area (Å²) in [6.45, 7) is 2.39. The molecule has 0 aliphatic heterocycles. The van der Waals surface area contributed by atoms with E-state index in [1.54, 1.807) is 0 Å². The maximum atomic E-state index is 11.0. The van der Waals surface area contributed by atoms with Gasteiger partial charge in [-0.05, 0) is 7.05 Å². The van der Waals surface area contributed by atoms with E-state index in [0.29, 0.717) is 0 Å². The molecular formula is C8H15N3O4S. The molecule has 8 heteroatoms. The van der Waals surface area contributed by atoms with Gasteiger partial charge >= 0.3 is 5.97 Å². The maximum absolute atomic E-state index is 11.0. The van der Waals surface area contributed by atoms with Gasteiger partial charge in [-0.2, -0.15) is 0 Å². The van der Waals surface area contributed by atoms with Crippen LogP contribution < -0.4 is 16.0 Å². The molecule has 16 heavy (non-hydrogen) atoms. The molecule has 0 aromatic carbocycles. The second kappa shape index (κ2) is 5.71. The minimum atomic E-state index is -1.68. The monoisotopic (exact) mass is 249 g/mol. The number of carbonyl (C=O) groups is 3. The zero-order valence-electron chi connectivity index (χ0n) is 9.20. The Bertz CT molecular complexity index is 292. The van der Waals surface area contributed by atoms with Crippen molar-refractivity contribution in [2.24, 2.45) is 0 Å². The van der Waals surface area contributed by atoms with E-state index in [4.69, 9.17) is 5.11 Å². The van der Waals surface area contributed by atoms with Crippen LogP contribution in [0.2, 0.25) is 0 Å². The van der Waals surface area contributed by atoms with Crippen molar-refractivity contribution in [2.75, 3.05) is 7.05 Å². The molecular weight excluding hydrogens is 234 g/mol. The molecule has 0 aromatic heterocycles. The first-order valence-corrected chi connectivity index (χ1v) is 4.87. The first-order chi connectivity index (χ1) is 7.23. The number of aliphatic carboxylic acids is 1. The Kier molecular flexibility index (Phi) is 5.25. The van der Waals surface area contributed by atoms with Crippen LogP contribution in [0.5, 0.6) is 0 Å². The van der Waals surface area contributed by atoms with Gasteiger partial charge < -0.3 is 21.1 Å². The summed E-state index contributed by atoms with van der Waals surface area (Å²) in [6.07, 6.45) is 0. The lowest BCUT2D eigenvalue weighted by Gasteiger charge is -2.34. The molecule has 0 fully saturated rings. The number of nitrogens with one attached hydrogen (secondary N) is 3. The van der Waals surface area contributed by atoms with Crippen LogP contribution in [-0.2, 0) is 14.4 Å². The van der Waals surface area contributed by atoms with E-state index >= 15 is 0 Å². The summed E-state index contributed by atoms with van der Waals surface area (Å²) in [5.41, 5.74) is 0. The lowest BCUT2D eigenvalue weighted by molar-refractivity contribution is -0.141. The van der Waals surface area contributed by atoms with Crippen LogP contribution in [0, 0.1) is 0 Å². The van der Waals surface area contributed by atoms with Crippen molar-refractivity contribution in [1.82, 2.24) is 16.0 Å². The molecule has 7 nitrogen and oxygen atoms in total. The number of hydrogen-bond donors (Lipinski definition) is 5. The van der Waals surface area contributed by atoms with E-state index in [2.05, 4.69) is 28.6 Å². The molecule has 0 saturated heterocycles. The Balaban J connectivity index is 5.09. The van der Waals surface area contributed by atoms with Crippen LogP contribution in [-0.4, -0.2) is 41.0 Å². The van der Waals surface area contributed by atoms with E-state index in [9.17, 15) is 14.4 Å². The molecule has 2 amide bonds. The van der Waals surface area contributed by atoms with Gasteiger partial charge in [-0.3, -0.25) is 14.4 Å². The summed E-state index contributed by atoms with van der Waals surface area (Å²) >= 11 is 4.00. The number of amides is 2. The van der Waals surface area contributed by atoms with Crippen LogP contribution in [0.3, 0.4) is 0 Å². The van der Waals surface area contributed by atoms with Crippen molar-refractivity contribution in [3.8, 4) is 0 Å². The highest BCUT2D eigenvalue weighted by Crippen LogP contribution is 2.13. The summed E-state index contributed by atoms with van der Waals surface area (Å²) < 4.78 is 0. The fourth-order valence-electron chi connectivity index (χ4n) is 1.22. The number of carboxylic acid groups (broad SMARTS) is 1. The molecule has 0 unspecified atom stereocenters. The maximum Gasteiger partial charge on any atom is 0.326 e. The van der Waals surface area contributed by atoms with Gasteiger partial charge in [0.05, 0.1) is 0 Å². The summed E-state index contributed by atoms with van der Waals surface area (Å²) in [5.74, 6) is -2.27. The average Bonchev–Trinajstić information content (AvgIpc) is 1.99. The van der Waals surface area contributed by atoms with Crippen molar-refractivity contribution < 1.29 is 19.5 Å². The van der Waals surface area contributed by atoms with Crippen LogP contribution in [0.1, 0.15) is 13.8 Å². The molecule has 1 atom stereocenters. The van der Waals surface area contributed by atoms with Gasteiger partial charge in [-0.25, -0.2) is 0 Å². The quantitative estimate of drug-likeness (QED) is 0.301. The summed E-state index contributed by atoms with van der Waals surface area (Å²) in [7, 11) is 1.38. The number of thiol groups is 1. The largest absolute Gasteiger partial charge is 0.480 e. The highest BCUT2D eigenvalue weighted by molar-refractivity contribution is 7.81. The fourth-order valence-corrected chi connectivity index (χ4v) is 1.78. The highest BCUT2D eigenvalue weighted by Gasteiger charge is 2.41. The third-order valence-electron chi connectivity index (χ3n) is 1.69. The third kappa shape index (κ3) is 4.07. The topological polar surface area (TPSA) is 108 Å². The minimum Gasteiger partial charge on any atom is -0.480 e. The number of hydrogen-bond acceptors (Lipinski definition) is 5. The van der Waals surface area contributed by atoms with E-state index in [1.807, 2.05) is 0 Å². The lowest BCUT2D eigenvalue weighted by Crippen LogP contribution is -2.68. The smallest absolute Gasteiger partial charge is 0.326 e. The molecule has 0 saturated carbocycles. The van der Waals surface area contributed by atoms with Crippen LogP contribution in [0.25, 0.3) is 0 Å². The number of carboxylic acids is 1. The fraction of sp³-hybridized carbons (Fsp3) is 0.625. The number of likely N-dealkylation sites (N-methyl/N-ethyl adjacent to an activating group) is 1. The summed E-state index contributed by atoms with van der Waals surface area (Å²) in [4.78, 5) is 31.1. The van der Waals surface area contributed by atoms with Gasteiger partial charge in [-0.15, -0.1) is 12.6 Å². The van der Waals surface area contributed by atoms with Gasteiger partial charge in [0.15, 0.2) is 11.0 Å². The SMILES string of the molecule is CN[C@H](C(=O)O)C(S)(NC(C)=O)NC(C)=O. The van der Waals surface area contributed by atoms with Crippen molar-refractivity contribution >= 4 is 30.4 Å². The first-order valence-electron chi connectivity index (χ1n) is 4.43. The zero-order chi connectivity index (χ0) is 12.9. The summed E-state index contributed by atoms with van der Waals surface area (Å²) in [6, 6.07) is -1.26. The molecule has 0 aromatic rings. The van der Waals surface area contributed by atoms with Crippen LogP contribution in [0.4, 0.5) is 0 Å². The normalized spacial score (nSPS) is 12.8. The molecule has 92 valence electrons. The molecule has 0 spiro atoms. The van der Waals surface area contributed by atoms with E-state index in [1.165, 1.54) is 20.9 Å². The summed E-state index contributed by atoms with van der Waals surface area (Å²) in [5, 5.41) is 15.9. The van der Waals surface area contributed by atoms with Crippen LogP contribution in [0.15, 0.2) is 0 Å². The first kappa shape index (κ1) is 14.7. The van der Waals surface area contributed by atoms with E-state index < -0.39 is 28.8 Å². The van der Waals surface area contributed by atoms with Crippen molar-refractivity contribution in [3.05, 3.63) is 0 Å². The Morgan fingerprint density at radius 2 is 1.56 bits per heavy atom.